The number of ketones is 1. The first-order chi connectivity index (χ1) is 11.3. The molecule has 0 bridgehead atoms. The highest BCUT2D eigenvalue weighted by atomic mass is 16.7. The van der Waals surface area contributed by atoms with Crippen molar-refractivity contribution < 1.29 is 14.3 Å². The Labute approximate surface area is 140 Å². The number of aryl methyl sites for hydroxylation is 1. The largest absolute Gasteiger partial charge is 0.454 e. The summed E-state index contributed by atoms with van der Waals surface area (Å²) in [4.78, 5) is 10.8. The Balaban J connectivity index is 1.42. The molecule has 1 aliphatic rings. The minimum atomic E-state index is 0.326. The van der Waals surface area contributed by atoms with Crippen molar-refractivity contribution in [2.45, 2.75) is 77.6 Å². The minimum absolute atomic E-state index is 0.326. The summed E-state index contributed by atoms with van der Waals surface area (Å²) in [6, 6.07) is 6.28. The molecule has 1 aromatic carbocycles. The Morgan fingerprint density at radius 3 is 2.17 bits per heavy atom. The summed E-state index contributed by atoms with van der Waals surface area (Å²) in [7, 11) is 0. The van der Waals surface area contributed by atoms with Gasteiger partial charge in [0.25, 0.3) is 0 Å². The molecule has 23 heavy (non-hydrogen) atoms. The molecule has 0 saturated heterocycles. The van der Waals surface area contributed by atoms with E-state index in [1.54, 1.807) is 6.92 Å². The number of benzene rings is 1. The topological polar surface area (TPSA) is 35.5 Å². The number of Topliss-reactive ketones (excluding diaryl/α,β-unsaturated/α-hetero) is 1. The first-order valence-electron chi connectivity index (χ1n) is 9.13. The van der Waals surface area contributed by atoms with Crippen LogP contribution < -0.4 is 9.47 Å². The van der Waals surface area contributed by atoms with Gasteiger partial charge in [-0.15, -0.1) is 0 Å². The molecule has 0 spiro atoms. The molecule has 0 fully saturated rings. The molecular formula is C20H30O3. The third-order valence-corrected chi connectivity index (χ3v) is 4.43. The average Bonchev–Trinajstić information content (AvgIpc) is 3.00. The number of rotatable bonds is 12. The molecule has 1 heterocycles. The number of carbonyl (C=O) groups excluding carboxylic acids is 1. The van der Waals surface area contributed by atoms with Crippen LogP contribution in [0.3, 0.4) is 0 Å². The molecule has 0 amide bonds. The monoisotopic (exact) mass is 318 g/mol. The second kappa shape index (κ2) is 10.3. The van der Waals surface area contributed by atoms with Crippen molar-refractivity contribution in [3.63, 3.8) is 0 Å². The van der Waals surface area contributed by atoms with Crippen molar-refractivity contribution in [1.82, 2.24) is 0 Å². The molecule has 1 aliphatic heterocycles. The molecule has 128 valence electrons. The Kier molecular flexibility index (Phi) is 7.99. The van der Waals surface area contributed by atoms with Crippen molar-refractivity contribution in [2.24, 2.45) is 0 Å². The van der Waals surface area contributed by atoms with Gasteiger partial charge in [0.1, 0.15) is 5.78 Å². The van der Waals surface area contributed by atoms with E-state index in [9.17, 15) is 4.79 Å². The lowest BCUT2D eigenvalue weighted by Crippen LogP contribution is -1.93. The van der Waals surface area contributed by atoms with E-state index in [0.717, 1.165) is 30.8 Å². The van der Waals surface area contributed by atoms with Crippen molar-refractivity contribution >= 4 is 5.78 Å². The maximum absolute atomic E-state index is 10.8. The van der Waals surface area contributed by atoms with E-state index < -0.39 is 0 Å². The summed E-state index contributed by atoms with van der Waals surface area (Å²) in [5.41, 5.74) is 1.35. The predicted molar refractivity (Wildman–Crippen MR) is 93.1 cm³/mol. The lowest BCUT2D eigenvalue weighted by Gasteiger charge is -2.04. The summed E-state index contributed by atoms with van der Waals surface area (Å²) >= 11 is 0. The number of hydrogen-bond donors (Lipinski definition) is 0. The van der Waals surface area contributed by atoms with Gasteiger partial charge in [-0.2, -0.15) is 0 Å². The fourth-order valence-corrected chi connectivity index (χ4v) is 3.04. The van der Waals surface area contributed by atoms with Gasteiger partial charge in [0.15, 0.2) is 11.5 Å². The predicted octanol–water partition coefficient (Wildman–Crippen LogP) is 5.45. The summed E-state index contributed by atoms with van der Waals surface area (Å²) in [5.74, 6) is 2.09. The van der Waals surface area contributed by atoms with E-state index in [1.807, 2.05) is 6.07 Å². The molecule has 3 nitrogen and oxygen atoms in total. The van der Waals surface area contributed by atoms with Gasteiger partial charge < -0.3 is 14.3 Å². The number of carbonyl (C=O) groups is 1. The Morgan fingerprint density at radius 1 is 0.870 bits per heavy atom. The molecule has 0 aliphatic carbocycles. The number of unbranched alkanes of at least 4 members (excludes halogenated alkanes) is 8. The summed E-state index contributed by atoms with van der Waals surface area (Å²) < 4.78 is 10.7. The number of hydrogen-bond acceptors (Lipinski definition) is 3. The molecule has 0 atom stereocenters. The quantitative estimate of drug-likeness (QED) is 0.481. The van der Waals surface area contributed by atoms with Crippen molar-refractivity contribution in [1.29, 1.82) is 0 Å². The minimum Gasteiger partial charge on any atom is -0.454 e. The van der Waals surface area contributed by atoms with E-state index in [2.05, 4.69) is 12.1 Å². The van der Waals surface area contributed by atoms with Crippen LogP contribution in [0.5, 0.6) is 11.5 Å². The zero-order valence-electron chi connectivity index (χ0n) is 14.4. The van der Waals surface area contributed by atoms with Gasteiger partial charge in [0.2, 0.25) is 6.79 Å². The first-order valence-corrected chi connectivity index (χ1v) is 9.13. The van der Waals surface area contributed by atoms with Crippen molar-refractivity contribution in [3.8, 4) is 11.5 Å². The first kappa shape index (κ1) is 17.8. The second-order valence-electron chi connectivity index (χ2n) is 6.57. The standard InChI is InChI=1S/C20H30O3/c1-17(21)11-9-7-5-3-2-4-6-8-10-12-18-13-14-19-20(15-18)23-16-22-19/h13-15H,2-12,16H2,1H3. The molecule has 3 heteroatoms. The number of ether oxygens (including phenoxy) is 2. The van der Waals surface area contributed by atoms with Crippen LogP contribution in [0.2, 0.25) is 0 Å². The maximum Gasteiger partial charge on any atom is 0.231 e. The third kappa shape index (κ3) is 7.06. The van der Waals surface area contributed by atoms with Gasteiger partial charge in [-0.3, -0.25) is 0 Å². The summed E-state index contributed by atoms with van der Waals surface area (Å²) in [6.07, 6.45) is 13.3. The van der Waals surface area contributed by atoms with Crippen LogP contribution in [0.15, 0.2) is 18.2 Å². The van der Waals surface area contributed by atoms with Crippen LogP contribution >= 0.6 is 0 Å². The Morgan fingerprint density at radius 2 is 1.48 bits per heavy atom. The average molecular weight is 318 g/mol. The molecule has 0 N–H and O–H groups in total. The van der Waals surface area contributed by atoms with Crippen LogP contribution in [-0.2, 0) is 11.2 Å². The normalized spacial score (nSPS) is 12.6. The van der Waals surface area contributed by atoms with Gasteiger partial charge in [-0.25, -0.2) is 0 Å². The molecule has 0 aromatic heterocycles. The van der Waals surface area contributed by atoms with Crippen molar-refractivity contribution in [2.75, 3.05) is 6.79 Å². The Bertz CT molecular complexity index is 482. The zero-order chi connectivity index (χ0) is 16.3. The molecule has 2 rings (SSSR count). The summed E-state index contributed by atoms with van der Waals surface area (Å²) in [5, 5.41) is 0. The van der Waals surface area contributed by atoms with Crippen molar-refractivity contribution in [3.05, 3.63) is 23.8 Å². The molecule has 0 unspecified atom stereocenters. The lowest BCUT2D eigenvalue weighted by molar-refractivity contribution is -0.117. The van der Waals surface area contributed by atoms with E-state index in [4.69, 9.17) is 9.47 Å². The SMILES string of the molecule is CC(=O)CCCCCCCCCCCc1ccc2c(c1)OCO2. The van der Waals surface area contributed by atoms with Crippen LogP contribution in [0, 0.1) is 0 Å². The molecule has 1 aromatic rings. The highest BCUT2D eigenvalue weighted by molar-refractivity contribution is 5.75. The van der Waals surface area contributed by atoms with Gasteiger partial charge in [-0.1, -0.05) is 51.0 Å². The van der Waals surface area contributed by atoms with Crippen LogP contribution in [0.4, 0.5) is 0 Å². The van der Waals surface area contributed by atoms with E-state index in [0.29, 0.717) is 12.6 Å². The smallest absolute Gasteiger partial charge is 0.231 e. The lowest BCUT2D eigenvalue weighted by atomic mass is 10.0. The molecule has 0 radical (unpaired) electrons. The highest BCUT2D eigenvalue weighted by Crippen LogP contribution is 2.32. The highest BCUT2D eigenvalue weighted by Gasteiger charge is 2.12. The maximum atomic E-state index is 10.8. The van der Waals surface area contributed by atoms with Gasteiger partial charge in [0, 0.05) is 6.42 Å². The second-order valence-corrected chi connectivity index (χ2v) is 6.57. The third-order valence-electron chi connectivity index (χ3n) is 4.43. The van der Waals surface area contributed by atoms with E-state index in [-0.39, 0.29) is 0 Å². The molecular weight excluding hydrogens is 288 g/mol. The van der Waals surface area contributed by atoms with Gasteiger partial charge in [-0.05, 0) is 43.9 Å². The fraction of sp³-hybridized carbons (Fsp3) is 0.650. The summed E-state index contributed by atoms with van der Waals surface area (Å²) in [6.45, 7) is 2.04. The van der Waals surface area contributed by atoms with Crippen LogP contribution in [0.1, 0.15) is 76.7 Å². The van der Waals surface area contributed by atoms with Gasteiger partial charge in [0.05, 0.1) is 0 Å². The van der Waals surface area contributed by atoms with E-state index >= 15 is 0 Å². The van der Waals surface area contributed by atoms with Gasteiger partial charge >= 0.3 is 0 Å². The number of fused-ring (bicyclic) bond motifs is 1. The Hall–Kier alpha value is -1.51. The van der Waals surface area contributed by atoms with Crippen LogP contribution in [-0.4, -0.2) is 12.6 Å². The van der Waals surface area contributed by atoms with E-state index in [1.165, 1.54) is 56.9 Å². The van der Waals surface area contributed by atoms with Crippen LogP contribution in [0.25, 0.3) is 0 Å². The fourth-order valence-electron chi connectivity index (χ4n) is 3.04. The molecule has 0 saturated carbocycles. The zero-order valence-corrected chi connectivity index (χ0v) is 14.4.